The average Bonchev–Trinajstić information content (AvgIpc) is 2.47. The van der Waals surface area contributed by atoms with Crippen LogP contribution in [0.5, 0.6) is 0 Å². The van der Waals surface area contributed by atoms with Crippen LogP contribution in [-0.2, 0) is 4.79 Å². The van der Waals surface area contributed by atoms with Gasteiger partial charge in [-0.15, -0.1) is 0 Å². The summed E-state index contributed by atoms with van der Waals surface area (Å²) >= 11 is 0. The zero-order chi connectivity index (χ0) is 9.26. The topological polar surface area (TPSA) is 51.5 Å². The molecule has 1 fully saturated rings. The second-order valence-electron chi connectivity index (χ2n) is 2.71. The van der Waals surface area contributed by atoms with Crippen LogP contribution in [0.1, 0.15) is 0 Å². The van der Waals surface area contributed by atoms with E-state index in [1.165, 1.54) is 4.90 Å². The number of hydrogen-bond acceptors (Lipinski definition) is 2. The predicted octanol–water partition coefficient (Wildman–Crippen LogP) is 0.758. The van der Waals surface area contributed by atoms with Crippen molar-refractivity contribution >= 4 is 17.6 Å². The molecule has 0 N–H and O–H groups in total. The Morgan fingerprint density at radius 1 is 1.15 bits per heavy atom. The molecule has 1 aromatic carbocycles. The Labute approximate surface area is 75.2 Å². The van der Waals surface area contributed by atoms with Crippen molar-refractivity contribution in [1.82, 2.24) is 5.32 Å². The van der Waals surface area contributed by atoms with Gasteiger partial charge in [-0.25, -0.2) is 4.79 Å². The molecule has 0 bridgehead atoms. The maximum Gasteiger partial charge on any atom is 0.351 e. The van der Waals surface area contributed by atoms with Gasteiger partial charge >= 0.3 is 6.03 Å². The van der Waals surface area contributed by atoms with E-state index in [1.807, 2.05) is 18.2 Å². The zero-order valence-corrected chi connectivity index (χ0v) is 6.80. The number of benzene rings is 1. The van der Waals surface area contributed by atoms with Gasteiger partial charge in [0, 0.05) is 5.69 Å². The summed E-state index contributed by atoms with van der Waals surface area (Å²) in [5.74, 6) is -0.381. The van der Waals surface area contributed by atoms with Crippen molar-refractivity contribution in [3.8, 4) is 0 Å². The SMILES string of the molecule is O=C1CN(c2ccccc2)C(=O)[N]1. The van der Waals surface area contributed by atoms with Gasteiger partial charge in [-0.3, -0.25) is 9.69 Å². The number of para-hydroxylation sites is 1. The van der Waals surface area contributed by atoms with Gasteiger partial charge in [-0.2, -0.15) is 5.32 Å². The molecule has 0 aliphatic carbocycles. The Kier molecular flexibility index (Phi) is 1.73. The van der Waals surface area contributed by atoms with E-state index in [4.69, 9.17) is 0 Å². The number of hydrogen-bond donors (Lipinski definition) is 0. The molecule has 4 nitrogen and oxygen atoms in total. The van der Waals surface area contributed by atoms with Crippen molar-refractivity contribution in [1.29, 1.82) is 0 Å². The van der Waals surface area contributed by atoms with Gasteiger partial charge in [0.1, 0.15) is 6.54 Å². The summed E-state index contributed by atoms with van der Waals surface area (Å²) in [6, 6.07) is 8.54. The zero-order valence-electron chi connectivity index (χ0n) is 6.80. The second kappa shape index (κ2) is 2.90. The smallest absolute Gasteiger partial charge is 0.283 e. The Bertz CT molecular complexity index is 348. The molecule has 1 saturated heterocycles. The van der Waals surface area contributed by atoms with Crippen molar-refractivity contribution in [3.63, 3.8) is 0 Å². The molecule has 2 rings (SSSR count). The van der Waals surface area contributed by atoms with Crippen molar-refractivity contribution in [3.05, 3.63) is 30.3 Å². The minimum Gasteiger partial charge on any atom is -0.283 e. The van der Waals surface area contributed by atoms with Gasteiger partial charge in [-0.05, 0) is 12.1 Å². The van der Waals surface area contributed by atoms with Crippen LogP contribution in [0.15, 0.2) is 30.3 Å². The van der Waals surface area contributed by atoms with E-state index in [9.17, 15) is 9.59 Å². The third-order valence-electron chi connectivity index (χ3n) is 1.81. The van der Waals surface area contributed by atoms with Gasteiger partial charge in [0.05, 0.1) is 0 Å². The van der Waals surface area contributed by atoms with Gasteiger partial charge in [0.25, 0.3) is 5.91 Å². The fraction of sp³-hybridized carbons (Fsp3) is 0.111. The fourth-order valence-electron chi connectivity index (χ4n) is 1.21. The Morgan fingerprint density at radius 2 is 1.85 bits per heavy atom. The van der Waals surface area contributed by atoms with Crippen molar-refractivity contribution < 1.29 is 9.59 Å². The number of urea groups is 1. The summed E-state index contributed by atoms with van der Waals surface area (Å²) < 4.78 is 0. The minimum atomic E-state index is -0.476. The molecule has 0 spiro atoms. The van der Waals surface area contributed by atoms with Crippen molar-refractivity contribution in [2.45, 2.75) is 0 Å². The standard InChI is InChI=1S/C9H7N2O2/c12-8-6-11(9(13)10-8)7-4-2-1-3-5-7/h1-5H,6H2. The number of nitrogens with zero attached hydrogens (tertiary/aromatic N) is 2. The first kappa shape index (κ1) is 7.79. The van der Waals surface area contributed by atoms with E-state index in [2.05, 4.69) is 5.32 Å². The van der Waals surface area contributed by atoms with E-state index in [0.29, 0.717) is 5.69 Å². The molecule has 0 aromatic heterocycles. The number of anilines is 1. The third-order valence-corrected chi connectivity index (χ3v) is 1.81. The summed E-state index contributed by atoms with van der Waals surface area (Å²) in [6.07, 6.45) is 0. The molecule has 3 amide bonds. The lowest BCUT2D eigenvalue weighted by molar-refractivity contribution is -0.117. The number of amides is 3. The first-order valence-electron chi connectivity index (χ1n) is 3.88. The maximum absolute atomic E-state index is 11.1. The van der Waals surface area contributed by atoms with Crippen LogP contribution in [0.25, 0.3) is 0 Å². The Balaban J connectivity index is 2.28. The molecular weight excluding hydrogens is 168 g/mol. The normalized spacial score (nSPS) is 16.2. The lowest BCUT2D eigenvalue weighted by atomic mass is 10.3. The highest BCUT2D eigenvalue weighted by atomic mass is 16.2. The lowest BCUT2D eigenvalue weighted by Gasteiger charge is -2.11. The van der Waals surface area contributed by atoms with Gasteiger partial charge in [0.15, 0.2) is 0 Å². The van der Waals surface area contributed by atoms with Crippen LogP contribution in [0.3, 0.4) is 0 Å². The van der Waals surface area contributed by atoms with Gasteiger partial charge in [0.2, 0.25) is 0 Å². The van der Waals surface area contributed by atoms with Crippen molar-refractivity contribution in [2.24, 2.45) is 0 Å². The van der Waals surface area contributed by atoms with E-state index >= 15 is 0 Å². The minimum absolute atomic E-state index is 0.0584. The van der Waals surface area contributed by atoms with Crippen LogP contribution in [0, 0.1) is 0 Å². The summed E-state index contributed by atoms with van der Waals surface area (Å²) in [6.45, 7) is 0.0584. The third kappa shape index (κ3) is 1.38. The van der Waals surface area contributed by atoms with Crippen LogP contribution in [0.4, 0.5) is 10.5 Å². The lowest BCUT2D eigenvalue weighted by Crippen LogP contribution is -2.24. The number of imide groups is 1. The van der Waals surface area contributed by atoms with Crippen LogP contribution in [-0.4, -0.2) is 18.5 Å². The van der Waals surface area contributed by atoms with Gasteiger partial charge in [-0.1, -0.05) is 18.2 Å². The molecular formula is C9H7N2O2. The summed E-state index contributed by atoms with van der Waals surface area (Å²) in [7, 11) is 0. The van der Waals surface area contributed by atoms with Crippen LogP contribution < -0.4 is 10.2 Å². The Morgan fingerprint density at radius 3 is 2.38 bits per heavy atom. The highest BCUT2D eigenvalue weighted by Gasteiger charge is 2.29. The van der Waals surface area contributed by atoms with E-state index in [1.54, 1.807) is 12.1 Å². The monoisotopic (exact) mass is 175 g/mol. The largest absolute Gasteiger partial charge is 0.351 e. The first-order chi connectivity index (χ1) is 6.27. The molecule has 1 radical (unpaired) electrons. The van der Waals surface area contributed by atoms with Gasteiger partial charge < -0.3 is 0 Å². The predicted molar refractivity (Wildman–Crippen MR) is 46.3 cm³/mol. The first-order valence-corrected chi connectivity index (χ1v) is 3.88. The molecule has 0 atom stereocenters. The number of rotatable bonds is 1. The van der Waals surface area contributed by atoms with E-state index < -0.39 is 6.03 Å². The molecule has 0 saturated carbocycles. The maximum atomic E-state index is 11.1. The van der Waals surface area contributed by atoms with E-state index in [0.717, 1.165) is 0 Å². The molecule has 0 unspecified atom stereocenters. The molecule has 13 heavy (non-hydrogen) atoms. The highest BCUT2D eigenvalue weighted by molar-refractivity contribution is 6.11. The average molecular weight is 175 g/mol. The second-order valence-corrected chi connectivity index (χ2v) is 2.71. The number of carbonyl (C=O) groups excluding carboxylic acids is 2. The Hall–Kier alpha value is -1.84. The van der Waals surface area contributed by atoms with Crippen molar-refractivity contribution in [2.75, 3.05) is 11.4 Å². The number of carbonyl (C=O) groups is 2. The molecule has 1 heterocycles. The molecule has 1 aromatic rings. The quantitative estimate of drug-likeness (QED) is 0.591. The molecule has 65 valence electrons. The molecule has 1 aliphatic rings. The van der Waals surface area contributed by atoms with Crippen LogP contribution >= 0.6 is 0 Å². The van der Waals surface area contributed by atoms with E-state index in [-0.39, 0.29) is 12.5 Å². The molecule has 4 heteroatoms. The molecule has 1 aliphatic heterocycles. The summed E-state index contributed by atoms with van der Waals surface area (Å²) in [4.78, 5) is 23.3. The fourth-order valence-corrected chi connectivity index (χ4v) is 1.21. The van der Waals surface area contributed by atoms with Crippen LogP contribution in [0.2, 0.25) is 0 Å². The summed E-state index contributed by atoms with van der Waals surface area (Å²) in [5.41, 5.74) is 0.710. The highest BCUT2D eigenvalue weighted by Crippen LogP contribution is 2.15. The summed E-state index contributed by atoms with van der Waals surface area (Å²) in [5, 5.41) is 3.29.